The van der Waals surface area contributed by atoms with E-state index in [0.717, 1.165) is 49.4 Å². The maximum Gasteiger partial charge on any atom is 0.253 e. The van der Waals surface area contributed by atoms with Crippen LogP contribution >= 0.6 is 11.6 Å². The number of aryl methyl sites for hydroxylation is 1. The molecule has 0 spiro atoms. The number of nitrogens with one attached hydrogen (secondary N) is 3. The second-order valence-electron chi connectivity index (χ2n) is 12.3. The van der Waals surface area contributed by atoms with Crippen LogP contribution in [-0.4, -0.2) is 49.1 Å². The monoisotopic (exact) mass is 637 g/mol. The van der Waals surface area contributed by atoms with Crippen LogP contribution in [0.25, 0.3) is 11.3 Å². The largest absolute Gasteiger partial charge is 0.460 e. The Labute approximate surface area is 277 Å². The highest BCUT2D eigenvalue weighted by molar-refractivity contribution is 6.34. The van der Waals surface area contributed by atoms with Crippen molar-refractivity contribution >= 4 is 17.5 Å². The van der Waals surface area contributed by atoms with E-state index in [-0.39, 0.29) is 18.0 Å². The topological polar surface area (TPSA) is 93.3 Å². The predicted molar refractivity (Wildman–Crippen MR) is 185 cm³/mol. The Kier molecular flexibility index (Phi) is 11.7. The highest BCUT2D eigenvalue weighted by Crippen LogP contribution is 2.28. The van der Waals surface area contributed by atoms with Crippen LogP contribution in [0.3, 0.4) is 0 Å². The molecule has 4 aromatic rings. The molecule has 0 saturated carbocycles. The number of hydrogen-bond donors (Lipinski definition) is 3. The van der Waals surface area contributed by atoms with Gasteiger partial charge < -0.3 is 25.3 Å². The first-order valence-electron chi connectivity index (χ1n) is 16.3. The van der Waals surface area contributed by atoms with Gasteiger partial charge in [-0.1, -0.05) is 60.5 Å². The predicted octanol–water partition coefficient (Wildman–Crippen LogP) is 7.05. The Bertz CT molecular complexity index is 1620. The van der Waals surface area contributed by atoms with Gasteiger partial charge in [0.05, 0.1) is 28.8 Å². The summed E-state index contributed by atoms with van der Waals surface area (Å²) in [7, 11) is 0. The summed E-state index contributed by atoms with van der Waals surface area (Å²) in [6, 6.07) is 28.0. The molecule has 46 heavy (non-hydrogen) atoms. The number of piperidine rings is 1. The Morgan fingerprint density at radius 2 is 1.78 bits per heavy atom. The Hall–Kier alpha value is -3.93. The summed E-state index contributed by atoms with van der Waals surface area (Å²) in [6.45, 7) is 10.9. The van der Waals surface area contributed by atoms with Gasteiger partial charge in [0.1, 0.15) is 11.5 Å². The SMILES string of the molecule is CCN1CCC(NCC(Cc2ccc(C#N)cc2)NC(=O)c2cc(-c3ccc(CNC(C)c4ccc(C)cc4)o3)ccc2Cl)CC1. The molecule has 1 amide bonds. The van der Waals surface area contributed by atoms with Crippen molar-refractivity contribution in [1.82, 2.24) is 20.9 Å². The van der Waals surface area contributed by atoms with Gasteiger partial charge >= 0.3 is 0 Å². The molecule has 1 saturated heterocycles. The number of benzene rings is 3. The van der Waals surface area contributed by atoms with E-state index in [4.69, 9.17) is 16.0 Å². The third-order valence-corrected chi connectivity index (χ3v) is 9.23. The van der Waals surface area contributed by atoms with Crippen LogP contribution in [0, 0.1) is 18.3 Å². The van der Waals surface area contributed by atoms with Gasteiger partial charge in [0, 0.05) is 30.2 Å². The Morgan fingerprint density at radius 3 is 2.48 bits per heavy atom. The molecule has 5 rings (SSSR count). The lowest BCUT2D eigenvalue weighted by atomic mass is 10.0. The average molecular weight is 638 g/mol. The minimum Gasteiger partial charge on any atom is -0.460 e. The van der Waals surface area contributed by atoms with Crippen LogP contribution in [-0.2, 0) is 13.0 Å². The fourth-order valence-corrected chi connectivity index (χ4v) is 6.11. The molecule has 1 aromatic heterocycles. The maximum atomic E-state index is 13.7. The van der Waals surface area contributed by atoms with Crippen LogP contribution in [0.4, 0.5) is 0 Å². The lowest BCUT2D eigenvalue weighted by molar-refractivity contribution is 0.0934. The van der Waals surface area contributed by atoms with Crippen LogP contribution in [0.1, 0.15) is 71.1 Å². The summed E-state index contributed by atoms with van der Waals surface area (Å²) in [5.41, 5.74) is 5.33. The number of nitriles is 1. The average Bonchev–Trinajstić information content (AvgIpc) is 3.56. The van der Waals surface area contributed by atoms with Crippen molar-refractivity contribution in [3.63, 3.8) is 0 Å². The molecule has 0 aliphatic carbocycles. The van der Waals surface area contributed by atoms with Crippen LogP contribution < -0.4 is 16.0 Å². The quantitative estimate of drug-likeness (QED) is 0.146. The van der Waals surface area contributed by atoms with Crippen molar-refractivity contribution in [3.8, 4) is 17.4 Å². The molecule has 1 aliphatic heterocycles. The van der Waals surface area contributed by atoms with Crippen molar-refractivity contribution in [3.05, 3.63) is 117 Å². The zero-order valence-electron chi connectivity index (χ0n) is 27.0. The number of amides is 1. The van der Waals surface area contributed by atoms with E-state index in [1.165, 1.54) is 11.1 Å². The van der Waals surface area contributed by atoms with E-state index in [1.807, 2.05) is 42.5 Å². The first kappa shape index (κ1) is 33.4. The molecular weight excluding hydrogens is 594 g/mol. The number of halogens is 1. The molecule has 2 atom stereocenters. The van der Waals surface area contributed by atoms with Crippen LogP contribution in [0.5, 0.6) is 0 Å². The molecule has 3 aromatic carbocycles. The number of hydrogen-bond acceptors (Lipinski definition) is 6. The van der Waals surface area contributed by atoms with E-state index in [0.29, 0.717) is 47.5 Å². The summed E-state index contributed by atoms with van der Waals surface area (Å²) in [6.07, 6.45) is 2.81. The minimum absolute atomic E-state index is 0.166. The number of rotatable bonds is 13. The first-order chi connectivity index (χ1) is 22.3. The second-order valence-corrected chi connectivity index (χ2v) is 12.7. The standard InChI is InChI=1S/C38H44ClN5O2/c1-4-44-19-17-32(18-20-44)42-24-33(21-28-7-9-29(23-40)10-8-28)43-38(45)35-22-31(13-15-36(35)39)37-16-14-34(46-37)25-41-27(3)30-11-5-26(2)6-12-30/h5-16,22,27,32-33,41-42H,4,17-21,24-25H2,1-3H3,(H,43,45). The summed E-state index contributed by atoms with van der Waals surface area (Å²) in [4.78, 5) is 16.2. The van der Waals surface area contributed by atoms with Crippen molar-refractivity contribution in [1.29, 1.82) is 5.26 Å². The van der Waals surface area contributed by atoms with E-state index in [2.05, 4.69) is 72.0 Å². The molecular formula is C38H44ClN5O2. The molecule has 2 heterocycles. The molecule has 1 aliphatic rings. The third kappa shape index (κ3) is 9.08. The van der Waals surface area contributed by atoms with Crippen molar-refractivity contribution < 1.29 is 9.21 Å². The van der Waals surface area contributed by atoms with E-state index in [9.17, 15) is 10.1 Å². The van der Waals surface area contributed by atoms with Gasteiger partial charge in [-0.05, 0) is 106 Å². The molecule has 240 valence electrons. The van der Waals surface area contributed by atoms with Gasteiger partial charge in [0.2, 0.25) is 0 Å². The van der Waals surface area contributed by atoms with Crippen LogP contribution in [0.15, 0.2) is 83.3 Å². The molecule has 1 fully saturated rings. The van der Waals surface area contributed by atoms with E-state index in [1.54, 1.807) is 12.1 Å². The zero-order valence-corrected chi connectivity index (χ0v) is 27.7. The van der Waals surface area contributed by atoms with Gasteiger partial charge in [-0.15, -0.1) is 0 Å². The van der Waals surface area contributed by atoms with Gasteiger partial charge in [-0.2, -0.15) is 5.26 Å². The lowest BCUT2D eigenvalue weighted by Crippen LogP contribution is -2.49. The number of carbonyl (C=O) groups excluding carboxylic acids is 1. The van der Waals surface area contributed by atoms with E-state index < -0.39 is 0 Å². The first-order valence-corrected chi connectivity index (χ1v) is 16.6. The van der Waals surface area contributed by atoms with Crippen molar-refractivity contribution in [2.24, 2.45) is 0 Å². The van der Waals surface area contributed by atoms with Crippen molar-refractivity contribution in [2.75, 3.05) is 26.2 Å². The Balaban J connectivity index is 1.25. The zero-order chi connectivity index (χ0) is 32.5. The molecule has 0 radical (unpaired) electrons. The smallest absolute Gasteiger partial charge is 0.253 e. The van der Waals surface area contributed by atoms with Gasteiger partial charge in [0.15, 0.2) is 0 Å². The summed E-state index contributed by atoms with van der Waals surface area (Å²) in [5, 5.41) is 20.1. The fraction of sp³-hybridized carbons (Fsp3) is 0.368. The molecule has 0 bridgehead atoms. The van der Waals surface area contributed by atoms with Gasteiger partial charge in [0.25, 0.3) is 5.91 Å². The number of furan rings is 1. The van der Waals surface area contributed by atoms with Crippen LogP contribution in [0.2, 0.25) is 5.02 Å². The summed E-state index contributed by atoms with van der Waals surface area (Å²) < 4.78 is 6.18. The highest BCUT2D eigenvalue weighted by atomic mass is 35.5. The number of nitrogens with zero attached hydrogens (tertiary/aromatic N) is 2. The molecule has 7 nitrogen and oxygen atoms in total. The van der Waals surface area contributed by atoms with Crippen molar-refractivity contribution in [2.45, 2.75) is 64.7 Å². The molecule has 8 heteroatoms. The van der Waals surface area contributed by atoms with E-state index >= 15 is 0 Å². The normalized spacial score (nSPS) is 15.3. The van der Waals surface area contributed by atoms with Gasteiger partial charge in [-0.25, -0.2) is 0 Å². The molecule has 2 unspecified atom stereocenters. The fourth-order valence-electron chi connectivity index (χ4n) is 5.91. The Morgan fingerprint density at radius 1 is 1.04 bits per heavy atom. The molecule has 3 N–H and O–H groups in total. The maximum absolute atomic E-state index is 13.7. The summed E-state index contributed by atoms with van der Waals surface area (Å²) >= 11 is 6.59. The number of carbonyl (C=O) groups is 1. The second kappa shape index (κ2) is 16.1. The highest BCUT2D eigenvalue weighted by Gasteiger charge is 2.22. The minimum atomic E-state index is -0.228. The number of likely N-dealkylation sites (tertiary alicyclic amines) is 1. The summed E-state index contributed by atoms with van der Waals surface area (Å²) in [5.74, 6) is 1.27. The lowest BCUT2D eigenvalue weighted by Gasteiger charge is -2.32. The van der Waals surface area contributed by atoms with Gasteiger partial charge in [-0.3, -0.25) is 4.79 Å². The third-order valence-electron chi connectivity index (χ3n) is 8.91.